The third kappa shape index (κ3) is 6.98. The number of H-pyrrole nitrogens is 1. The number of aromatic nitrogens is 1. The molecule has 0 unspecified atom stereocenters. The first-order chi connectivity index (χ1) is 21.5. The van der Waals surface area contributed by atoms with E-state index in [1.54, 1.807) is 6.07 Å². The van der Waals surface area contributed by atoms with Gasteiger partial charge in [-0.25, -0.2) is 0 Å². The Morgan fingerprint density at radius 3 is 2.39 bits per heavy atom. The zero-order chi connectivity index (χ0) is 30.3. The van der Waals surface area contributed by atoms with Crippen LogP contribution in [0.2, 0.25) is 0 Å². The molecule has 1 aromatic heterocycles. The molecule has 0 saturated heterocycles. The maximum absolute atomic E-state index is 13.4. The topological polar surface area (TPSA) is 97.7 Å². The Hall–Kier alpha value is -4.95. The SMILES string of the molecule is O=C(CN(CCOc1ccc2c3c([nH]c2c1)CCCC3)Cc1ccccc1)c1ccc(OCc2ccccc2)c([N+](=O)[O-])c1. The zero-order valence-electron chi connectivity index (χ0n) is 24.5. The Kier molecular flexibility index (Phi) is 8.98. The molecule has 0 fully saturated rings. The number of aromatic amines is 1. The van der Waals surface area contributed by atoms with Gasteiger partial charge in [-0.2, -0.15) is 0 Å². The molecular weight excluding hydrogens is 554 g/mol. The maximum Gasteiger partial charge on any atom is 0.311 e. The maximum atomic E-state index is 13.4. The summed E-state index contributed by atoms with van der Waals surface area (Å²) in [6.45, 7) is 1.71. The number of nitro groups is 1. The summed E-state index contributed by atoms with van der Waals surface area (Å²) in [5.74, 6) is 0.700. The molecule has 0 bridgehead atoms. The molecule has 0 spiro atoms. The fraction of sp³-hybridized carbons (Fsp3) is 0.250. The predicted molar refractivity (Wildman–Crippen MR) is 170 cm³/mol. The van der Waals surface area contributed by atoms with Crippen molar-refractivity contribution in [2.24, 2.45) is 0 Å². The minimum atomic E-state index is -0.510. The molecule has 0 radical (unpaired) electrons. The Labute approximate surface area is 256 Å². The number of ketones is 1. The summed E-state index contributed by atoms with van der Waals surface area (Å²) in [6.07, 6.45) is 4.66. The van der Waals surface area contributed by atoms with Crippen molar-refractivity contribution in [3.63, 3.8) is 0 Å². The van der Waals surface area contributed by atoms with Crippen molar-refractivity contribution in [3.8, 4) is 11.5 Å². The van der Waals surface area contributed by atoms with Crippen LogP contribution in [0.15, 0.2) is 97.1 Å². The lowest BCUT2D eigenvalue weighted by atomic mass is 9.96. The molecule has 0 saturated carbocycles. The second kappa shape index (κ2) is 13.6. The van der Waals surface area contributed by atoms with Crippen LogP contribution in [-0.4, -0.2) is 40.3 Å². The molecule has 5 aromatic rings. The van der Waals surface area contributed by atoms with Gasteiger partial charge in [0.15, 0.2) is 11.5 Å². The summed E-state index contributed by atoms with van der Waals surface area (Å²) in [6, 6.07) is 30.0. The molecule has 4 aromatic carbocycles. The van der Waals surface area contributed by atoms with Crippen LogP contribution >= 0.6 is 0 Å². The summed E-state index contributed by atoms with van der Waals surface area (Å²) in [5.41, 5.74) is 5.87. The van der Waals surface area contributed by atoms with Crippen molar-refractivity contribution in [3.05, 3.63) is 135 Å². The highest BCUT2D eigenvalue weighted by atomic mass is 16.6. The van der Waals surface area contributed by atoms with Crippen molar-refractivity contribution >= 4 is 22.4 Å². The van der Waals surface area contributed by atoms with Gasteiger partial charge in [-0.1, -0.05) is 60.7 Å². The quantitative estimate of drug-likeness (QED) is 0.0879. The Bertz CT molecular complexity index is 1750. The first-order valence-corrected chi connectivity index (χ1v) is 15.0. The number of carbonyl (C=O) groups is 1. The van der Waals surface area contributed by atoms with Crippen molar-refractivity contribution < 1.29 is 19.2 Å². The van der Waals surface area contributed by atoms with Crippen LogP contribution in [0, 0.1) is 10.1 Å². The van der Waals surface area contributed by atoms with Crippen LogP contribution in [0.4, 0.5) is 5.69 Å². The van der Waals surface area contributed by atoms with E-state index in [4.69, 9.17) is 9.47 Å². The van der Waals surface area contributed by atoms with Crippen LogP contribution in [-0.2, 0) is 26.0 Å². The number of hydrogen-bond donors (Lipinski definition) is 1. The van der Waals surface area contributed by atoms with E-state index in [1.807, 2.05) is 71.6 Å². The van der Waals surface area contributed by atoms with Crippen molar-refractivity contribution in [1.82, 2.24) is 9.88 Å². The number of ether oxygens (including phenoxy) is 2. The fourth-order valence-corrected chi connectivity index (χ4v) is 5.82. The number of rotatable bonds is 13. The lowest BCUT2D eigenvalue weighted by Crippen LogP contribution is -2.33. The molecule has 224 valence electrons. The smallest absolute Gasteiger partial charge is 0.311 e. The van der Waals surface area contributed by atoms with E-state index in [-0.39, 0.29) is 35.9 Å². The molecule has 0 amide bonds. The van der Waals surface area contributed by atoms with Crippen LogP contribution in [0.25, 0.3) is 10.9 Å². The van der Waals surface area contributed by atoms with Crippen LogP contribution in [0.3, 0.4) is 0 Å². The second-order valence-electron chi connectivity index (χ2n) is 11.2. The molecule has 1 aliphatic carbocycles. The van der Waals surface area contributed by atoms with E-state index in [0.29, 0.717) is 19.7 Å². The highest BCUT2D eigenvalue weighted by molar-refractivity contribution is 5.98. The van der Waals surface area contributed by atoms with Crippen LogP contribution in [0.5, 0.6) is 11.5 Å². The van der Waals surface area contributed by atoms with Gasteiger partial charge in [0.05, 0.1) is 11.5 Å². The van der Waals surface area contributed by atoms with E-state index in [9.17, 15) is 14.9 Å². The lowest BCUT2D eigenvalue weighted by molar-refractivity contribution is -0.386. The average molecular weight is 590 g/mol. The van der Waals surface area contributed by atoms with Gasteiger partial charge in [0, 0.05) is 47.4 Å². The minimum absolute atomic E-state index is 0.0853. The number of hydrogen-bond acceptors (Lipinski definition) is 6. The Morgan fingerprint density at radius 1 is 0.864 bits per heavy atom. The number of fused-ring (bicyclic) bond motifs is 3. The highest BCUT2D eigenvalue weighted by Gasteiger charge is 2.21. The zero-order valence-corrected chi connectivity index (χ0v) is 24.5. The minimum Gasteiger partial charge on any atom is -0.492 e. The summed E-state index contributed by atoms with van der Waals surface area (Å²) in [4.78, 5) is 30.4. The van der Waals surface area contributed by atoms with E-state index < -0.39 is 4.92 Å². The standard InChI is InChI=1S/C36H35N3O5/c40-35(28-15-18-36(34(21-28)39(41)42)44-25-27-11-5-2-6-12-27)24-38(23-26-9-3-1-4-10-26)19-20-43-29-16-17-31-30-13-7-8-14-32(30)37-33(31)22-29/h1-6,9-12,15-18,21-22,37H,7-8,13-14,19-20,23-25H2. The van der Waals surface area contributed by atoms with Crippen molar-refractivity contribution in [1.29, 1.82) is 0 Å². The monoisotopic (exact) mass is 589 g/mol. The second-order valence-corrected chi connectivity index (χ2v) is 11.2. The van der Waals surface area contributed by atoms with Gasteiger partial charge < -0.3 is 14.5 Å². The van der Waals surface area contributed by atoms with E-state index in [2.05, 4.69) is 17.1 Å². The van der Waals surface area contributed by atoms with E-state index in [1.165, 1.54) is 41.6 Å². The first-order valence-electron chi connectivity index (χ1n) is 15.0. The number of benzene rings is 4. The number of aryl methyl sites for hydroxylation is 2. The predicted octanol–water partition coefficient (Wildman–Crippen LogP) is 7.30. The summed E-state index contributed by atoms with van der Waals surface area (Å²) in [7, 11) is 0. The van der Waals surface area contributed by atoms with E-state index in [0.717, 1.165) is 35.2 Å². The van der Waals surface area contributed by atoms with Gasteiger partial charge >= 0.3 is 5.69 Å². The summed E-state index contributed by atoms with van der Waals surface area (Å²) >= 11 is 0. The normalized spacial score (nSPS) is 12.7. The average Bonchev–Trinajstić information content (AvgIpc) is 3.42. The molecule has 8 heteroatoms. The number of nitrogens with zero attached hydrogens (tertiary/aromatic N) is 2. The molecular formula is C36H35N3O5. The number of nitro benzene ring substituents is 1. The Morgan fingerprint density at radius 2 is 1.61 bits per heavy atom. The third-order valence-corrected chi connectivity index (χ3v) is 8.08. The molecule has 8 nitrogen and oxygen atoms in total. The summed E-state index contributed by atoms with van der Waals surface area (Å²) < 4.78 is 11.9. The number of nitrogens with one attached hydrogen (secondary N) is 1. The van der Waals surface area contributed by atoms with Gasteiger partial charge in [-0.05, 0) is 66.6 Å². The van der Waals surface area contributed by atoms with Gasteiger partial charge in [0.1, 0.15) is 19.0 Å². The number of Topliss-reactive ketones (excluding diaryl/α,β-unsaturated/α-hetero) is 1. The van der Waals surface area contributed by atoms with Gasteiger partial charge in [0.2, 0.25) is 0 Å². The van der Waals surface area contributed by atoms with Gasteiger partial charge in [-0.3, -0.25) is 19.8 Å². The third-order valence-electron chi connectivity index (χ3n) is 8.08. The van der Waals surface area contributed by atoms with Crippen molar-refractivity contribution in [2.45, 2.75) is 38.8 Å². The molecule has 44 heavy (non-hydrogen) atoms. The highest BCUT2D eigenvalue weighted by Crippen LogP contribution is 2.32. The molecule has 0 aliphatic heterocycles. The lowest BCUT2D eigenvalue weighted by Gasteiger charge is -2.22. The molecule has 1 aliphatic rings. The largest absolute Gasteiger partial charge is 0.492 e. The molecule has 1 N–H and O–H groups in total. The van der Waals surface area contributed by atoms with Crippen LogP contribution in [0.1, 0.15) is 45.6 Å². The Balaban J connectivity index is 1.13. The van der Waals surface area contributed by atoms with Crippen LogP contribution < -0.4 is 9.47 Å². The van der Waals surface area contributed by atoms with Gasteiger partial charge in [-0.15, -0.1) is 0 Å². The van der Waals surface area contributed by atoms with E-state index >= 15 is 0 Å². The summed E-state index contributed by atoms with van der Waals surface area (Å²) in [5, 5.41) is 13.1. The molecule has 6 rings (SSSR count). The molecule has 1 heterocycles. The first kappa shape index (κ1) is 29.1. The van der Waals surface area contributed by atoms with Crippen molar-refractivity contribution in [2.75, 3.05) is 19.7 Å². The fourth-order valence-electron chi connectivity index (χ4n) is 5.82. The molecule has 0 atom stereocenters. The number of carbonyl (C=O) groups excluding carboxylic acids is 1. The van der Waals surface area contributed by atoms with Gasteiger partial charge in [0.25, 0.3) is 0 Å².